The molecule has 29 heavy (non-hydrogen) atoms. The van der Waals surface area contributed by atoms with E-state index in [1.54, 1.807) is 0 Å². The molecule has 0 aliphatic rings. The van der Waals surface area contributed by atoms with Crippen molar-refractivity contribution in [2.45, 2.75) is 138 Å². The summed E-state index contributed by atoms with van der Waals surface area (Å²) in [5.41, 5.74) is 3.90. The quantitative estimate of drug-likeness (QED) is 0.122. The first-order chi connectivity index (χ1) is 13.4. The second kappa shape index (κ2) is 13.8. The maximum Gasteiger partial charge on any atom is 0.0653 e. The smallest absolute Gasteiger partial charge is 0.0653 e. The first-order valence-corrected chi connectivity index (χ1v) is 12.4. The molecule has 1 heteroatoms. The number of hydrogen-bond donors (Lipinski definition) is 0. The van der Waals surface area contributed by atoms with Crippen molar-refractivity contribution in [1.82, 2.24) is 0 Å². The average Bonchev–Trinajstić information content (AvgIpc) is 2.58. The minimum absolute atomic E-state index is 0.318. The molecule has 0 aromatic rings. The van der Waals surface area contributed by atoms with Crippen LogP contribution in [0.1, 0.15) is 132 Å². The van der Waals surface area contributed by atoms with E-state index in [4.69, 9.17) is 7.85 Å². The van der Waals surface area contributed by atoms with Gasteiger partial charge in [-0.1, -0.05) is 118 Å². The van der Waals surface area contributed by atoms with Crippen LogP contribution in [0, 0.1) is 16.2 Å². The van der Waals surface area contributed by atoms with E-state index in [1.807, 2.05) is 0 Å². The second-order valence-electron chi connectivity index (χ2n) is 11.7. The highest BCUT2D eigenvalue weighted by atomic mass is 14.4. The van der Waals surface area contributed by atoms with E-state index in [9.17, 15) is 0 Å². The Labute approximate surface area is 186 Å². The summed E-state index contributed by atoms with van der Waals surface area (Å²) in [5, 5.41) is 0. The fourth-order valence-electron chi connectivity index (χ4n) is 4.46. The van der Waals surface area contributed by atoms with Gasteiger partial charge in [-0.05, 0) is 61.2 Å². The van der Waals surface area contributed by atoms with Crippen LogP contribution in [-0.2, 0) is 0 Å². The van der Waals surface area contributed by atoms with Gasteiger partial charge in [0.1, 0.15) is 0 Å². The minimum atomic E-state index is 0.318. The predicted molar refractivity (Wildman–Crippen MR) is 136 cm³/mol. The van der Waals surface area contributed by atoms with Crippen LogP contribution in [-0.4, -0.2) is 7.85 Å². The van der Waals surface area contributed by atoms with Gasteiger partial charge in [-0.25, -0.2) is 0 Å². The molecular formula is C28H53B. The first kappa shape index (κ1) is 28.5. The first-order valence-electron chi connectivity index (χ1n) is 12.4. The minimum Gasteiger partial charge on any atom is -0.0998 e. The van der Waals surface area contributed by atoms with Crippen LogP contribution in [0.5, 0.6) is 0 Å². The van der Waals surface area contributed by atoms with Crippen molar-refractivity contribution in [3.63, 3.8) is 0 Å². The molecule has 0 heterocycles. The van der Waals surface area contributed by atoms with Crippen molar-refractivity contribution in [3.8, 4) is 0 Å². The molecule has 0 rings (SSSR count). The van der Waals surface area contributed by atoms with Gasteiger partial charge >= 0.3 is 0 Å². The maximum atomic E-state index is 5.60. The molecule has 168 valence electrons. The molecule has 0 aromatic heterocycles. The van der Waals surface area contributed by atoms with Crippen molar-refractivity contribution < 1.29 is 0 Å². The highest BCUT2D eigenvalue weighted by molar-refractivity contribution is 6.08. The summed E-state index contributed by atoms with van der Waals surface area (Å²) in [6.07, 6.45) is 16.9. The Hall–Kier alpha value is -0.455. The van der Waals surface area contributed by atoms with Gasteiger partial charge in [0.2, 0.25) is 0 Å². The summed E-state index contributed by atoms with van der Waals surface area (Å²) in [6, 6.07) is 0. The summed E-state index contributed by atoms with van der Waals surface area (Å²) in [7, 11) is 5.60. The lowest BCUT2D eigenvalue weighted by atomic mass is 9.62. The van der Waals surface area contributed by atoms with E-state index in [2.05, 4.69) is 61.6 Å². The van der Waals surface area contributed by atoms with E-state index < -0.39 is 0 Å². The summed E-state index contributed by atoms with van der Waals surface area (Å²) in [4.78, 5) is 0. The Balaban J connectivity index is 4.26. The lowest BCUT2D eigenvalue weighted by Gasteiger charge is -2.43. The fourth-order valence-corrected chi connectivity index (χ4v) is 4.46. The van der Waals surface area contributed by atoms with Gasteiger partial charge < -0.3 is 0 Å². The van der Waals surface area contributed by atoms with Crippen molar-refractivity contribution >= 4 is 7.85 Å². The predicted octanol–water partition coefficient (Wildman–Crippen LogP) is 9.86. The molecule has 0 atom stereocenters. The van der Waals surface area contributed by atoms with Crippen molar-refractivity contribution in [2.75, 3.05) is 0 Å². The molecule has 0 nitrogen and oxygen atoms in total. The Kier molecular flexibility index (Phi) is 13.6. The Morgan fingerprint density at radius 2 is 1.17 bits per heavy atom. The molecule has 0 aliphatic heterocycles. The summed E-state index contributed by atoms with van der Waals surface area (Å²) >= 11 is 0. The summed E-state index contributed by atoms with van der Waals surface area (Å²) in [5.74, 6) is 0. The van der Waals surface area contributed by atoms with Crippen molar-refractivity contribution in [2.24, 2.45) is 16.2 Å². The molecule has 0 saturated carbocycles. The molecule has 0 bridgehead atoms. The summed E-state index contributed by atoms with van der Waals surface area (Å²) in [6.45, 7) is 25.7. The fraction of sp³-hybridized carbons (Fsp3) is 0.857. The van der Waals surface area contributed by atoms with Crippen LogP contribution in [0.4, 0.5) is 0 Å². The van der Waals surface area contributed by atoms with E-state index in [1.165, 1.54) is 68.9 Å². The molecule has 0 aromatic carbocycles. The van der Waals surface area contributed by atoms with Crippen LogP contribution in [0.3, 0.4) is 0 Å². The van der Waals surface area contributed by atoms with Gasteiger partial charge in [0, 0.05) is 0 Å². The van der Waals surface area contributed by atoms with E-state index >= 15 is 0 Å². The van der Waals surface area contributed by atoms with Crippen LogP contribution in [0.2, 0.25) is 6.32 Å². The molecule has 0 N–H and O–H groups in total. The van der Waals surface area contributed by atoms with Crippen LogP contribution in [0.25, 0.3) is 0 Å². The van der Waals surface area contributed by atoms with Gasteiger partial charge in [0.05, 0.1) is 7.85 Å². The highest BCUT2D eigenvalue weighted by Crippen LogP contribution is 2.47. The second-order valence-corrected chi connectivity index (χ2v) is 11.7. The molecule has 0 spiro atoms. The normalized spacial score (nSPS) is 12.9. The molecule has 0 fully saturated rings. The zero-order valence-electron chi connectivity index (χ0n) is 21.4. The van der Waals surface area contributed by atoms with Gasteiger partial charge in [-0.3, -0.25) is 0 Å². The van der Waals surface area contributed by atoms with E-state index in [0.717, 1.165) is 32.0 Å². The average molecular weight is 401 g/mol. The van der Waals surface area contributed by atoms with Gasteiger partial charge in [-0.15, -0.1) is 0 Å². The number of rotatable bonds is 18. The zero-order valence-corrected chi connectivity index (χ0v) is 21.4. The van der Waals surface area contributed by atoms with Crippen LogP contribution < -0.4 is 0 Å². The standard InChI is InChI=1S/C28H53B/c1-10-11-14-20-27(6,7)28(8,9)23-25(3)17-12-15-19-26(4,5)22-24(2)18-13-16-21-29/h2-3,10-23H2,1,4-9H3. The van der Waals surface area contributed by atoms with Crippen molar-refractivity contribution in [1.29, 1.82) is 0 Å². The van der Waals surface area contributed by atoms with Crippen LogP contribution in [0.15, 0.2) is 24.3 Å². The Morgan fingerprint density at radius 3 is 1.72 bits per heavy atom. The van der Waals surface area contributed by atoms with Gasteiger partial charge in [-0.2, -0.15) is 0 Å². The molecule has 2 radical (unpaired) electrons. The molecular weight excluding hydrogens is 347 g/mol. The number of hydrogen-bond acceptors (Lipinski definition) is 0. The third kappa shape index (κ3) is 12.8. The third-order valence-corrected chi connectivity index (χ3v) is 7.28. The maximum absolute atomic E-state index is 5.60. The summed E-state index contributed by atoms with van der Waals surface area (Å²) < 4.78 is 0. The third-order valence-electron chi connectivity index (χ3n) is 7.28. The Morgan fingerprint density at radius 1 is 0.655 bits per heavy atom. The van der Waals surface area contributed by atoms with Crippen LogP contribution >= 0.6 is 0 Å². The zero-order chi connectivity index (χ0) is 22.6. The lowest BCUT2D eigenvalue weighted by Crippen LogP contribution is -2.33. The van der Waals surface area contributed by atoms with Gasteiger partial charge in [0.15, 0.2) is 0 Å². The largest absolute Gasteiger partial charge is 0.0998 e. The molecule has 0 amide bonds. The molecule has 0 saturated heterocycles. The van der Waals surface area contributed by atoms with E-state index in [0.29, 0.717) is 16.2 Å². The van der Waals surface area contributed by atoms with Gasteiger partial charge in [0.25, 0.3) is 0 Å². The monoisotopic (exact) mass is 400 g/mol. The Bertz CT molecular complexity index is 467. The lowest BCUT2D eigenvalue weighted by molar-refractivity contribution is 0.0940. The number of unbranched alkanes of at least 4 members (excludes halogenated alkanes) is 4. The van der Waals surface area contributed by atoms with E-state index in [-0.39, 0.29) is 0 Å². The SMILES string of the molecule is [B]CCCCC(=C)CC(C)(C)CCCCC(=C)CC(C)(C)C(C)(C)CCCCC. The number of allylic oxidation sites excluding steroid dienone is 2. The molecule has 0 aliphatic carbocycles. The van der Waals surface area contributed by atoms with Crippen molar-refractivity contribution in [3.05, 3.63) is 24.3 Å². The molecule has 0 unspecified atom stereocenters. The highest BCUT2D eigenvalue weighted by Gasteiger charge is 2.36. The topological polar surface area (TPSA) is 0 Å².